The average Bonchev–Trinajstić information content (AvgIpc) is 2.47. The number of ether oxygens (including phenoxy) is 1. The fraction of sp³-hybridized carbons (Fsp3) is 0.133. The van der Waals surface area contributed by atoms with Gasteiger partial charge >= 0.3 is 0 Å². The van der Waals surface area contributed by atoms with Crippen LogP contribution in [0.4, 0.5) is 5.69 Å². The number of carbonyl (C=O) groups is 1. The zero-order valence-electron chi connectivity index (χ0n) is 11.7. The number of sulfonamides is 1. The second kappa shape index (κ2) is 5.97. The van der Waals surface area contributed by atoms with Gasteiger partial charge in [-0.2, -0.15) is 0 Å². The van der Waals surface area contributed by atoms with Crippen molar-refractivity contribution >= 4 is 22.0 Å². The van der Waals surface area contributed by atoms with Crippen LogP contribution in [0.3, 0.4) is 0 Å². The molecule has 1 N–H and O–H groups in total. The molecule has 0 heterocycles. The number of hydrogen-bond acceptors (Lipinski definition) is 4. The van der Waals surface area contributed by atoms with Gasteiger partial charge in [-0.25, -0.2) is 8.42 Å². The lowest BCUT2D eigenvalue weighted by atomic mass is 10.2. The van der Waals surface area contributed by atoms with Crippen LogP contribution in [-0.4, -0.2) is 21.8 Å². The molecule has 0 aliphatic heterocycles. The van der Waals surface area contributed by atoms with Gasteiger partial charge in [-0.3, -0.25) is 9.52 Å². The molecule has 0 fully saturated rings. The van der Waals surface area contributed by atoms with Crippen molar-refractivity contribution in [1.82, 2.24) is 0 Å². The molecule has 6 heteroatoms. The molecule has 0 saturated carbocycles. The Labute approximate surface area is 123 Å². The molecule has 0 radical (unpaired) electrons. The Morgan fingerprint density at radius 2 is 1.76 bits per heavy atom. The molecule has 0 spiro atoms. The molecule has 2 rings (SSSR count). The zero-order valence-corrected chi connectivity index (χ0v) is 12.5. The monoisotopic (exact) mass is 305 g/mol. The third-order valence-corrected chi connectivity index (χ3v) is 4.32. The van der Waals surface area contributed by atoms with E-state index in [2.05, 4.69) is 4.72 Å². The van der Waals surface area contributed by atoms with E-state index in [-0.39, 0.29) is 10.6 Å². The maximum absolute atomic E-state index is 12.3. The Balaban J connectivity index is 2.40. The third kappa shape index (κ3) is 3.41. The van der Waals surface area contributed by atoms with Crippen molar-refractivity contribution in [3.05, 3.63) is 53.6 Å². The fourth-order valence-electron chi connectivity index (χ4n) is 1.80. The highest BCUT2D eigenvalue weighted by atomic mass is 32.2. The van der Waals surface area contributed by atoms with Crippen LogP contribution in [0.2, 0.25) is 0 Å². The fourth-order valence-corrected chi connectivity index (χ4v) is 2.86. The molecule has 21 heavy (non-hydrogen) atoms. The molecule has 0 atom stereocenters. The van der Waals surface area contributed by atoms with Gasteiger partial charge in [0, 0.05) is 5.56 Å². The van der Waals surface area contributed by atoms with Gasteiger partial charge in [-0.15, -0.1) is 0 Å². The average molecular weight is 305 g/mol. The summed E-state index contributed by atoms with van der Waals surface area (Å²) in [5.41, 5.74) is 1.55. The van der Waals surface area contributed by atoms with E-state index in [4.69, 9.17) is 4.74 Å². The summed E-state index contributed by atoms with van der Waals surface area (Å²) in [5, 5.41) is 0. The maximum Gasteiger partial charge on any atom is 0.262 e. The summed E-state index contributed by atoms with van der Waals surface area (Å²) in [7, 11) is -2.30. The third-order valence-electron chi connectivity index (χ3n) is 2.94. The van der Waals surface area contributed by atoms with Gasteiger partial charge < -0.3 is 4.74 Å². The van der Waals surface area contributed by atoms with Crippen LogP contribution in [0.5, 0.6) is 5.75 Å². The van der Waals surface area contributed by atoms with Gasteiger partial charge in [0.25, 0.3) is 10.0 Å². The summed E-state index contributed by atoms with van der Waals surface area (Å²) in [6.07, 6.45) is 0.642. The molecular weight excluding hydrogens is 290 g/mol. The van der Waals surface area contributed by atoms with E-state index < -0.39 is 10.0 Å². The number of nitrogens with one attached hydrogen (secondary N) is 1. The predicted octanol–water partition coefficient (Wildman–Crippen LogP) is 2.62. The SMILES string of the molecule is COc1ccc(C=O)cc1NS(=O)(=O)c1ccc(C)cc1. The first-order valence-electron chi connectivity index (χ1n) is 6.19. The summed E-state index contributed by atoms with van der Waals surface area (Å²) < 4.78 is 32.2. The Hall–Kier alpha value is -2.34. The van der Waals surface area contributed by atoms with Crippen LogP contribution >= 0.6 is 0 Å². The number of aldehydes is 1. The highest BCUT2D eigenvalue weighted by Crippen LogP contribution is 2.27. The number of methoxy groups -OCH3 is 1. The van der Waals surface area contributed by atoms with E-state index in [0.717, 1.165) is 5.56 Å². The smallest absolute Gasteiger partial charge is 0.262 e. The minimum atomic E-state index is -3.73. The van der Waals surface area contributed by atoms with Gasteiger partial charge in [-0.05, 0) is 37.3 Å². The van der Waals surface area contributed by atoms with E-state index in [9.17, 15) is 13.2 Å². The second-order valence-electron chi connectivity index (χ2n) is 4.50. The summed E-state index contributed by atoms with van der Waals surface area (Å²) in [6.45, 7) is 1.88. The van der Waals surface area contributed by atoms with E-state index >= 15 is 0 Å². The quantitative estimate of drug-likeness (QED) is 0.862. The Morgan fingerprint density at radius 3 is 2.33 bits per heavy atom. The van der Waals surface area contributed by atoms with E-state index in [0.29, 0.717) is 17.6 Å². The van der Waals surface area contributed by atoms with Gasteiger partial charge in [0.15, 0.2) is 0 Å². The van der Waals surface area contributed by atoms with Crippen LogP contribution in [0, 0.1) is 6.92 Å². The van der Waals surface area contributed by atoms with Crippen molar-refractivity contribution in [2.45, 2.75) is 11.8 Å². The second-order valence-corrected chi connectivity index (χ2v) is 6.18. The minimum Gasteiger partial charge on any atom is -0.495 e. The molecule has 0 bridgehead atoms. The van der Waals surface area contributed by atoms with Crippen LogP contribution < -0.4 is 9.46 Å². The molecule has 0 aliphatic carbocycles. The Morgan fingerprint density at radius 1 is 1.10 bits per heavy atom. The lowest BCUT2D eigenvalue weighted by molar-refractivity contribution is 0.112. The van der Waals surface area contributed by atoms with Gasteiger partial charge in [0.1, 0.15) is 12.0 Å². The first-order chi connectivity index (χ1) is 9.96. The number of carbonyl (C=O) groups excluding carboxylic acids is 1. The molecule has 110 valence electrons. The zero-order chi connectivity index (χ0) is 15.5. The lowest BCUT2D eigenvalue weighted by Crippen LogP contribution is -2.13. The van der Waals surface area contributed by atoms with Crippen LogP contribution in [0.25, 0.3) is 0 Å². The maximum atomic E-state index is 12.3. The molecule has 0 saturated heterocycles. The Kier molecular flexibility index (Phi) is 4.28. The summed E-state index contributed by atoms with van der Waals surface area (Å²) in [4.78, 5) is 11.0. The summed E-state index contributed by atoms with van der Waals surface area (Å²) in [5.74, 6) is 0.344. The van der Waals surface area contributed by atoms with Crippen LogP contribution in [-0.2, 0) is 10.0 Å². The van der Waals surface area contributed by atoms with Gasteiger partial charge in [0.2, 0.25) is 0 Å². The predicted molar refractivity (Wildman–Crippen MR) is 80.4 cm³/mol. The molecule has 2 aromatic rings. The van der Waals surface area contributed by atoms with E-state index in [1.807, 2.05) is 6.92 Å². The number of benzene rings is 2. The molecule has 0 aromatic heterocycles. The molecule has 0 aliphatic rings. The van der Waals surface area contributed by atoms with Crippen LogP contribution in [0.1, 0.15) is 15.9 Å². The van der Waals surface area contributed by atoms with Crippen molar-refractivity contribution < 1.29 is 17.9 Å². The van der Waals surface area contributed by atoms with Crippen molar-refractivity contribution in [3.63, 3.8) is 0 Å². The van der Waals surface area contributed by atoms with Gasteiger partial charge in [0.05, 0.1) is 17.7 Å². The first kappa shape index (κ1) is 15.1. The standard InChI is InChI=1S/C15H15NO4S/c1-11-3-6-13(7-4-11)21(18,19)16-14-9-12(10-17)5-8-15(14)20-2/h3-10,16H,1-2H3. The molecule has 5 nitrogen and oxygen atoms in total. The van der Waals surface area contributed by atoms with Crippen molar-refractivity contribution in [1.29, 1.82) is 0 Å². The number of anilines is 1. The van der Waals surface area contributed by atoms with Gasteiger partial charge in [-0.1, -0.05) is 17.7 Å². The van der Waals surface area contributed by atoms with Crippen molar-refractivity contribution in [2.24, 2.45) is 0 Å². The first-order valence-corrected chi connectivity index (χ1v) is 7.67. The molecule has 2 aromatic carbocycles. The summed E-state index contributed by atoms with van der Waals surface area (Å²) in [6, 6.07) is 11.0. The van der Waals surface area contributed by atoms with E-state index in [1.165, 1.54) is 31.4 Å². The van der Waals surface area contributed by atoms with Crippen molar-refractivity contribution in [2.75, 3.05) is 11.8 Å². The highest BCUT2D eigenvalue weighted by molar-refractivity contribution is 7.92. The number of hydrogen-bond donors (Lipinski definition) is 1. The molecular formula is C15H15NO4S. The number of aryl methyl sites for hydroxylation is 1. The van der Waals surface area contributed by atoms with E-state index in [1.54, 1.807) is 18.2 Å². The van der Waals surface area contributed by atoms with Crippen molar-refractivity contribution in [3.8, 4) is 5.75 Å². The highest BCUT2D eigenvalue weighted by Gasteiger charge is 2.16. The lowest BCUT2D eigenvalue weighted by Gasteiger charge is -2.12. The normalized spacial score (nSPS) is 11.0. The number of rotatable bonds is 5. The van der Waals surface area contributed by atoms with Crippen LogP contribution in [0.15, 0.2) is 47.4 Å². The molecule has 0 unspecified atom stereocenters. The largest absolute Gasteiger partial charge is 0.495 e. The molecule has 0 amide bonds. The minimum absolute atomic E-state index is 0.145. The Bertz CT molecular complexity index is 752. The topological polar surface area (TPSA) is 72.5 Å². The summed E-state index contributed by atoms with van der Waals surface area (Å²) >= 11 is 0.